The van der Waals surface area contributed by atoms with E-state index in [9.17, 15) is 14.7 Å². The third-order valence-corrected chi connectivity index (χ3v) is 5.78. The molecule has 0 fully saturated rings. The highest BCUT2D eigenvalue weighted by atomic mass is 16.5. The number of aliphatic carboxylic acids is 1. The quantitative estimate of drug-likeness (QED) is 0.681. The van der Waals surface area contributed by atoms with Crippen molar-refractivity contribution < 1.29 is 28.9 Å². The smallest absolute Gasteiger partial charge is 0.326 e. The van der Waals surface area contributed by atoms with Gasteiger partial charge in [0.25, 0.3) is 0 Å². The highest BCUT2D eigenvalue weighted by molar-refractivity contribution is 5.83. The normalized spacial score (nSPS) is 16.2. The summed E-state index contributed by atoms with van der Waals surface area (Å²) in [5.41, 5.74) is 2.84. The fraction of sp³-hybridized carbons (Fsp3) is 0.417. The van der Waals surface area contributed by atoms with Crippen LogP contribution in [0.2, 0.25) is 0 Å². The topological polar surface area (TPSA) is 97.3 Å². The second-order valence-electron chi connectivity index (χ2n) is 8.03. The van der Waals surface area contributed by atoms with Crippen molar-refractivity contribution in [2.45, 2.75) is 32.4 Å². The van der Waals surface area contributed by atoms with Gasteiger partial charge < -0.3 is 29.5 Å². The fourth-order valence-corrected chi connectivity index (χ4v) is 4.04. The molecular formula is C24H30N2O6. The van der Waals surface area contributed by atoms with Crippen LogP contribution in [0.5, 0.6) is 17.2 Å². The Morgan fingerprint density at radius 2 is 1.66 bits per heavy atom. The van der Waals surface area contributed by atoms with Crippen LogP contribution >= 0.6 is 0 Å². The molecule has 0 aromatic heterocycles. The maximum Gasteiger partial charge on any atom is 0.326 e. The zero-order valence-electron chi connectivity index (χ0n) is 19.0. The van der Waals surface area contributed by atoms with E-state index in [-0.39, 0.29) is 5.92 Å². The minimum atomic E-state index is -1.06. The number of carbonyl (C=O) groups is 2. The van der Waals surface area contributed by atoms with Crippen LogP contribution in [0.4, 0.5) is 4.79 Å². The Hall–Kier alpha value is -3.42. The number of methoxy groups -OCH3 is 3. The van der Waals surface area contributed by atoms with Crippen LogP contribution < -0.4 is 19.5 Å². The van der Waals surface area contributed by atoms with Crippen molar-refractivity contribution in [3.63, 3.8) is 0 Å². The molecule has 8 nitrogen and oxygen atoms in total. The van der Waals surface area contributed by atoms with E-state index >= 15 is 0 Å². The number of benzene rings is 2. The summed E-state index contributed by atoms with van der Waals surface area (Å²) in [6, 6.07) is 9.50. The van der Waals surface area contributed by atoms with Crippen molar-refractivity contribution in [1.82, 2.24) is 10.2 Å². The number of carbonyl (C=O) groups excluding carboxylic acids is 1. The molecule has 2 aromatic rings. The highest BCUT2D eigenvalue weighted by Crippen LogP contribution is 2.41. The van der Waals surface area contributed by atoms with Gasteiger partial charge in [-0.1, -0.05) is 26.0 Å². The van der Waals surface area contributed by atoms with Crippen LogP contribution in [0.25, 0.3) is 0 Å². The maximum atomic E-state index is 13.3. The van der Waals surface area contributed by atoms with E-state index in [0.29, 0.717) is 30.2 Å². The number of nitrogens with zero attached hydrogens (tertiary/aromatic N) is 1. The molecule has 8 heteroatoms. The Bertz CT molecular complexity index is 973. The van der Waals surface area contributed by atoms with Gasteiger partial charge >= 0.3 is 12.0 Å². The molecule has 2 N–H and O–H groups in total. The van der Waals surface area contributed by atoms with Gasteiger partial charge in [0.15, 0.2) is 11.5 Å². The molecule has 2 amide bonds. The van der Waals surface area contributed by atoms with Gasteiger partial charge in [0.05, 0.1) is 27.4 Å². The summed E-state index contributed by atoms with van der Waals surface area (Å²) in [6.07, 6.45) is 0.606. The number of urea groups is 1. The van der Waals surface area contributed by atoms with E-state index < -0.39 is 24.1 Å². The Labute approximate surface area is 188 Å². The number of carboxylic acid groups (broad SMARTS) is 1. The summed E-state index contributed by atoms with van der Waals surface area (Å²) in [6.45, 7) is 3.96. The molecule has 0 spiro atoms. The fourth-order valence-electron chi connectivity index (χ4n) is 4.04. The molecule has 0 saturated carbocycles. The Morgan fingerprint density at radius 1 is 1.03 bits per heavy atom. The van der Waals surface area contributed by atoms with E-state index in [1.54, 1.807) is 40.1 Å². The van der Waals surface area contributed by atoms with Gasteiger partial charge in [-0.2, -0.15) is 0 Å². The minimum absolute atomic E-state index is 0.252. The first kappa shape index (κ1) is 23.2. The van der Waals surface area contributed by atoms with Crippen molar-refractivity contribution >= 4 is 12.0 Å². The highest BCUT2D eigenvalue weighted by Gasteiger charge is 2.35. The zero-order valence-corrected chi connectivity index (χ0v) is 19.0. The average Bonchev–Trinajstić information content (AvgIpc) is 2.80. The molecule has 1 heterocycles. The van der Waals surface area contributed by atoms with Gasteiger partial charge in [-0.3, -0.25) is 0 Å². The lowest BCUT2D eigenvalue weighted by molar-refractivity contribution is -0.140. The van der Waals surface area contributed by atoms with Crippen LogP contribution in [0.1, 0.15) is 36.6 Å². The number of hydrogen-bond donors (Lipinski definition) is 2. The van der Waals surface area contributed by atoms with Crippen LogP contribution in [0.15, 0.2) is 36.4 Å². The lowest BCUT2D eigenvalue weighted by atomic mass is 9.87. The predicted octanol–water partition coefficient (Wildman–Crippen LogP) is 3.48. The van der Waals surface area contributed by atoms with Gasteiger partial charge in [0.1, 0.15) is 11.8 Å². The molecule has 1 aliphatic rings. The minimum Gasteiger partial charge on any atom is -0.497 e. The van der Waals surface area contributed by atoms with Crippen molar-refractivity contribution in [2.24, 2.45) is 5.92 Å². The summed E-state index contributed by atoms with van der Waals surface area (Å²) in [5, 5.41) is 12.2. The summed E-state index contributed by atoms with van der Waals surface area (Å²) < 4.78 is 16.2. The third kappa shape index (κ3) is 4.59. The molecule has 0 saturated heterocycles. The summed E-state index contributed by atoms with van der Waals surface area (Å²) >= 11 is 0. The molecule has 0 radical (unpaired) electrons. The van der Waals surface area contributed by atoms with Crippen LogP contribution in [0.3, 0.4) is 0 Å². The molecule has 2 atom stereocenters. The van der Waals surface area contributed by atoms with Gasteiger partial charge in [0.2, 0.25) is 0 Å². The SMILES string of the molecule is COc1ccc([C@@H]2c3cc(OC)c(OC)cc3CCN2C(=O)N[C@@H](C(=O)O)C(C)C)cc1. The van der Waals surface area contributed by atoms with E-state index in [2.05, 4.69) is 5.32 Å². The lowest BCUT2D eigenvalue weighted by Gasteiger charge is -2.39. The zero-order chi connectivity index (χ0) is 23.4. The van der Waals surface area contributed by atoms with Crippen LogP contribution in [-0.4, -0.2) is 55.9 Å². The molecule has 3 rings (SSSR count). The summed E-state index contributed by atoms with van der Waals surface area (Å²) in [7, 11) is 4.76. The molecule has 0 unspecified atom stereocenters. The number of carboxylic acids is 1. The second-order valence-corrected chi connectivity index (χ2v) is 8.03. The monoisotopic (exact) mass is 442 g/mol. The number of hydrogen-bond acceptors (Lipinski definition) is 5. The Kier molecular flexibility index (Phi) is 7.12. The number of nitrogens with one attached hydrogen (secondary N) is 1. The van der Waals surface area contributed by atoms with E-state index in [0.717, 1.165) is 16.7 Å². The second kappa shape index (κ2) is 9.80. The molecule has 1 aliphatic heterocycles. The van der Waals surface area contributed by atoms with Crippen molar-refractivity contribution in [3.05, 3.63) is 53.1 Å². The van der Waals surface area contributed by atoms with Crippen LogP contribution in [0, 0.1) is 5.92 Å². The van der Waals surface area contributed by atoms with Gasteiger partial charge in [0, 0.05) is 6.54 Å². The summed E-state index contributed by atoms with van der Waals surface area (Å²) in [5.74, 6) is 0.593. The van der Waals surface area contributed by atoms with Crippen molar-refractivity contribution in [3.8, 4) is 17.2 Å². The third-order valence-electron chi connectivity index (χ3n) is 5.78. The molecule has 0 bridgehead atoms. The van der Waals surface area contributed by atoms with E-state index in [4.69, 9.17) is 14.2 Å². The van der Waals surface area contributed by atoms with Gasteiger partial charge in [-0.05, 0) is 53.3 Å². The molecule has 0 aliphatic carbocycles. The maximum absolute atomic E-state index is 13.3. The van der Waals surface area contributed by atoms with E-state index in [1.165, 1.54) is 0 Å². The van der Waals surface area contributed by atoms with E-state index in [1.807, 2.05) is 36.4 Å². The van der Waals surface area contributed by atoms with Crippen molar-refractivity contribution in [2.75, 3.05) is 27.9 Å². The van der Waals surface area contributed by atoms with Gasteiger partial charge in [-0.25, -0.2) is 9.59 Å². The standard InChI is InChI=1S/C24H30N2O6/c1-14(2)21(23(27)28)25-24(29)26-11-10-16-12-19(31-4)20(32-5)13-18(16)22(26)15-6-8-17(30-3)9-7-15/h6-9,12-14,21-22H,10-11H2,1-5H3,(H,25,29)(H,27,28)/t21-,22-/m1/s1. The first-order chi connectivity index (χ1) is 15.3. The largest absolute Gasteiger partial charge is 0.497 e. The molecule has 172 valence electrons. The lowest BCUT2D eigenvalue weighted by Crippen LogP contribution is -2.52. The number of ether oxygens (including phenoxy) is 3. The summed E-state index contributed by atoms with van der Waals surface area (Å²) in [4.78, 5) is 26.6. The van der Waals surface area contributed by atoms with Crippen molar-refractivity contribution in [1.29, 1.82) is 0 Å². The first-order valence-corrected chi connectivity index (χ1v) is 10.5. The number of rotatable bonds is 7. The Balaban J connectivity index is 2.07. The molecular weight excluding hydrogens is 412 g/mol. The van der Waals surface area contributed by atoms with Gasteiger partial charge in [-0.15, -0.1) is 0 Å². The van der Waals surface area contributed by atoms with Crippen LogP contribution in [-0.2, 0) is 11.2 Å². The molecule has 32 heavy (non-hydrogen) atoms. The molecule has 2 aromatic carbocycles. The number of amides is 2. The Morgan fingerprint density at radius 3 is 2.19 bits per heavy atom. The average molecular weight is 443 g/mol. The number of fused-ring (bicyclic) bond motifs is 1. The first-order valence-electron chi connectivity index (χ1n) is 10.5. The predicted molar refractivity (Wildman–Crippen MR) is 120 cm³/mol.